The summed E-state index contributed by atoms with van der Waals surface area (Å²) in [5, 5.41) is 13.2. The Morgan fingerprint density at radius 1 is 1.43 bits per heavy atom. The number of rotatable bonds is 4. The number of carbonyl (C=O) groups excluding carboxylic acids is 1. The van der Waals surface area contributed by atoms with Crippen molar-refractivity contribution in [2.45, 2.75) is 32.4 Å². The normalized spacial score (nSPS) is 14.5. The van der Waals surface area contributed by atoms with Crippen LogP contribution >= 0.6 is 12.4 Å². The van der Waals surface area contributed by atoms with E-state index in [9.17, 15) is 9.18 Å². The maximum absolute atomic E-state index is 13.6. The SMILES string of the molecule is CC(Cc1ccccc1F)NC(=O)c1n[nH]c2c1CNCC2.Cl. The van der Waals surface area contributed by atoms with Crippen molar-refractivity contribution in [3.63, 3.8) is 0 Å². The number of nitrogens with one attached hydrogen (secondary N) is 3. The summed E-state index contributed by atoms with van der Waals surface area (Å²) in [6.07, 6.45) is 1.30. The molecule has 0 saturated carbocycles. The highest BCUT2D eigenvalue weighted by Gasteiger charge is 2.22. The second kappa shape index (κ2) is 7.57. The molecule has 0 radical (unpaired) electrons. The highest BCUT2D eigenvalue weighted by molar-refractivity contribution is 5.94. The minimum Gasteiger partial charge on any atom is -0.348 e. The number of H-pyrrole nitrogens is 1. The molecule has 7 heteroatoms. The molecule has 2 aromatic rings. The number of aromatic nitrogens is 2. The molecule has 0 spiro atoms. The zero-order chi connectivity index (χ0) is 15.5. The van der Waals surface area contributed by atoms with E-state index >= 15 is 0 Å². The second-order valence-electron chi connectivity index (χ2n) is 5.63. The van der Waals surface area contributed by atoms with E-state index in [1.165, 1.54) is 6.07 Å². The molecule has 5 nitrogen and oxygen atoms in total. The Kier molecular flexibility index (Phi) is 5.74. The summed E-state index contributed by atoms with van der Waals surface area (Å²) >= 11 is 0. The third-order valence-corrected chi connectivity index (χ3v) is 3.88. The Bertz CT molecular complexity index is 688. The Balaban J connectivity index is 0.00000192. The van der Waals surface area contributed by atoms with Gasteiger partial charge in [0.2, 0.25) is 0 Å². The average Bonchev–Trinajstić information content (AvgIpc) is 2.93. The van der Waals surface area contributed by atoms with Crippen LogP contribution in [-0.2, 0) is 19.4 Å². The predicted molar refractivity (Wildman–Crippen MR) is 88.3 cm³/mol. The zero-order valence-corrected chi connectivity index (χ0v) is 13.7. The number of nitrogens with zero attached hydrogens (tertiary/aromatic N) is 1. The van der Waals surface area contributed by atoms with Gasteiger partial charge in [0, 0.05) is 36.8 Å². The summed E-state index contributed by atoms with van der Waals surface area (Å²) < 4.78 is 13.6. The number of aromatic amines is 1. The molecule has 3 rings (SSSR count). The molecule has 0 bridgehead atoms. The van der Waals surface area contributed by atoms with E-state index in [0.717, 1.165) is 24.2 Å². The van der Waals surface area contributed by atoms with E-state index in [4.69, 9.17) is 0 Å². The Morgan fingerprint density at radius 3 is 3.00 bits per heavy atom. The lowest BCUT2D eigenvalue weighted by Crippen LogP contribution is -2.35. The van der Waals surface area contributed by atoms with Crippen LogP contribution in [0.1, 0.15) is 34.2 Å². The maximum Gasteiger partial charge on any atom is 0.272 e. The van der Waals surface area contributed by atoms with Crippen molar-refractivity contribution in [3.05, 3.63) is 52.6 Å². The van der Waals surface area contributed by atoms with Gasteiger partial charge in [-0.05, 0) is 25.0 Å². The van der Waals surface area contributed by atoms with Gasteiger partial charge in [-0.1, -0.05) is 18.2 Å². The van der Waals surface area contributed by atoms with Crippen LogP contribution in [-0.4, -0.2) is 28.7 Å². The fourth-order valence-corrected chi connectivity index (χ4v) is 2.75. The van der Waals surface area contributed by atoms with Gasteiger partial charge >= 0.3 is 0 Å². The summed E-state index contributed by atoms with van der Waals surface area (Å²) in [6.45, 7) is 3.40. The Labute approximate surface area is 140 Å². The molecule has 1 aromatic heterocycles. The lowest BCUT2D eigenvalue weighted by molar-refractivity contribution is 0.0933. The molecule has 0 saturated heterocycles. The smallest absolute Gasteiger partial charge is 0.272 e. The number of hydrogen-bond acceptors (Lipinski definition) is 3. The van der Waals surface area contributed by atoms with Gasteiger partial charge in [-0.2, -0.15) is 5.10 Å². The van der Waals surface area contributed by atoms with Crippen molar-refractivity contribution in [2.24, 2.45) is 0 Å². The van der Waals surface area contributed by atoms with Gasteiger partial charge in [0.05, 0.1) is 0 Å². The summed E-state index contributed by atoms with van der Waals surface area (Å²) in [6, 6.07) is 6.44. The molecule has 1 aromatic carbocycles. The monoisotopic (exact) mass is 338 g/mol. The molecular weight excluding hydrogens is 319 g/mol. The lowest BCUT2D eigenvalue weighted by Gasteiger charge is -2.16. The molecule has 124 valence electrons. The van der Waals surface area contributed by atoms with Crippen LogP contribution in [0.2, 0.25) is 0 Å². The summed E-state index contributed by atoms with van der Waals surface area (Å²) in [4.78, 5) is 12.3. The summed E-state index contributed by atoms with van der Waals surface area (Å²) in [5.41, 5.74) is 2.98. The van der Waals surface area contributed by atoms with E-state index in [-0.39, 0.29) is 30.2 Å². The standard InChI is InChI=1S/C16H19FN4O.ClH/c1-10(8-11-4-2-3-5-13(11)17)19-16(22)15-12-9-18-7-6-14(12)20-21-15;/h2-5,10,18H,6-9H2,1H3,(H,19,22)(H,20,21);1H. The number of hydrogen-bond donors (Lipinski definition) is 3. The Hall–Kier alpha value is -1.92. The minimum absolute atomic E-state index is 0. The molecule has 0 aliphatic carbocycles. The van der Waals surface area contributed by atoms with Gasteiger partial charge in [-0.3, -0.25) is 9.89 Å². The largest absolute Gasteiger partial charge is 0.348 e. The van der Waals surface area contributed by atoms with Gasteiger partial charge in [0.1, 0.15) is 5.82 Å². The molecule has 1 aliphatic heterocycles. The topological polar surface area (TPSA) is 69.8 Å². The highest BCUT2D eigenvalue weighted by Crippen LogP contribution is 2.15. The van der Waals surface area contributed by atoms with Crippen LogP contribution in [0.25, 0.3) is 0 Å². The van der Waals surface area contributed by atoms with Crippen LogP contribution in [0.5, 0.6) is 0 Å². The first-order valence-electron chi connectivity index (χ1n) is 7.46. The molecule has 1 unspecified atom stereocenters. The summed E-state index contributed by atoms with van der Waals surface area (Å²) in [7, 11) is 0. The number of halogens is 2. The Morgan fingerprint density at radius 2 is 2.22 bits per heavy atom. The quantitative estimate of drug-likeness (QED) is 0.798. The fourth-order valence-electron chi connectivity index (χ4n) is 2.75. The van der Waals surface area contributed by atoms with Crippen molar-refractivity contribution in [3.8, 4) is 0 Å². The van der Waals surface area contributed by atoms with Crippen molar-refractivity contribution in [1.82, 2.24) is 20.8 Å². The van der Waals surface area contributed by atoms with Crippen LogP contribution in [0.15, 0.2) is 24.3 Å². The number of amides is 1. The van der Waals surface area contributed by atoms with Crippen molar-refractivity contribution >= 4 is 18.3 Å². The molecule has 0 fully saturated rings. The van der Waals surface area contributed by atoms with Crippen LogP contribution in [0, 0.1) is 5.82 Å². The van der Waals surface area contributed by atoms with E-state index in [2.05, 4.69) is 20.8 Å². The molecule has 2 heterocycles. The third-order valence-electron chi connectivity index (χ3n) is 3.88. The van der Waals surface area contributed by atoms with Gasteiger partial charge in [-0.25, -0.2) is 4.39 Å². The average molecular weight is 339 g/mol. The maximum atomic E-state index is 13.6. The van der Waals surface area contributed by atoms with Crippen LogP contribution in [0.4, 0.5) is 4.39 Å². The van der Waals surface area contributed by atoms with Crippen LogP contribution < -0.4 is 10.6 Å². The first kappa shape index (κ1) is 17.4. The van der Waals surface area contributed by atoms with Crippen LogP contribution in [0.3, 0.4) is 0 Å². The second-order valence-corrected chi connectivity index (χ2v) is 5.63. The van der Waals surface area contributed by atoms with E-state index in [0.29, 0.717) is 24.2 Å². The van der Waals surface area contributed by atoms with E-state index in [1.807, 2.05) is 6.92 Å². The van der Waals surface area contributed by atoms with E-state index in [1.54, 1.807) is 18.2 Å². The molecule has 1 aliphatic rings. The lowest BCUT2D eigenvalue weighted by atomic mass is 10.0. The van der Waals surface area contributed by atoms with Gasteiger partial charge < -0.3 is 10.6 Å². The molecule has 3 N–H and O–H groups in total. The third kappa shape index (κ3) is 3.89. The van der Waals surface area contributed by atoms with Gasteiger partial charge in [-0.15, -0.1) is 12.4 Å². The van der Waals surface area contributed by atoms with Gasteiger partial charge in [0.15, 0.2) is 5.69 Å². The van der Waals surface area contributed by atoms with Gasteiger partial charge in [0.25, 0.3) is 5.91 Å². The first-order valence-corrected chi connectivity index (χ1v) is 7.46. The molecular formula is C16H20ClFN4O. The number of carbonyl (C=O) groups is 1. The fraction of sp³-hybridized carbons (Fsp3) is 0.375. The summed E-state index contributed by atoms with van der Waals surface area (Å²) in [5.74, 6) is -0.463. The predicted octanol–water partition coefficient (Wildman–Crippen LogP) is 1.98. The van der Waals surface area contributed by atoms with Crippen molar-refractivity contribution in [1.29, 1.82) is 0 Å². The highest BCUT2D eigenvalue weighted by atomic mass is 35.5. The zero-order valence-electron chi connectivity index (χ0n) is 12.9. The molecule has 1 amide bonds. The molecule has 1 atom stereocenters. The van der Waals surface area contributed by atoms with Crippen molar-refractivity contribution in [2.75, 3.05) is 6.54 Å². The number of fused-ring (bicyclic) bond motifs is 1. The number of benzene rings is 1. The van der Waals surface area contributed by atoms with E-state index < -0.39 is 0 Å². The molecule has 23 heavy (non-hydrogen) atoms. The van der Waals surface area contributed by atoms with Crippen molar-refractivity contribution < 1.29 is 9.18 Å². The first-order chi connectivity index (χ1) is 10.6. The minimum atomic E-state index is -0.245.